The molecule has 0 radical (unpaired) electrons. The minimum atomic E-state index is 0.0760. The van der Waals surface area contributed by atoms with Crippen molar-refractivity contribution >= 4 is 5.91 Å². The van der Waals surface area contributed by atoms with Gasteiger partial charge in [0, 0.05) is 37.2 Å². The molecule has 1 saturated heterocycles. The monoisotopic (exact) mass is 285 g/mol. The summed E-state index contributed by atoms with van der Waals surface area (Å²) in [5, 5.41) is 6.28. The minimum Gasteiger partial charge on any atom is -0.352 e. The van der Waals surface area contributed by atoms with Crippen LogP contribution in [0.25, 0.3) is 5.82 Å². The smallest absolute Gasteiger partial charge is 0.224 e. The van der Waals surface area contributed by atoms with Gasteiger partial charge in [0.2, 0.25) is 5.91 Å². The Kier molecular flexibility index (Phi) is 4.25. The molecule has 110 valence electrons. The van der Waals surface area contributed by atoms with E-state index in [2.05, 4.69) is 20.6 Å². The van der Waals surface area contributed by atoms with Crippen LogP contribution in [0.2, 0.25) is 0 Å². The molecule has 0 spiro atoms. The van der Waals surface area contributed by atoms with Crippen molar-refractivity contribution in [3.8, 4) is 5.82 Å². The number of pyridine rings is 1. The van der Waals surface area contributed by atoms with E-state index in [-0.39, 0.29) is 11.8 Å². The van der Waals surface area contributed by atoms with Gasteiger partial charge >= 0.3 is 0 Å². The molecule has 2 N–H and O–H groups in total. The molecule has 2 aromatic rings. The minimum absolute atomic E-state index is 0.0760. The lowest BCUT2D eigenvalue weighted by atomic mass is 9.99. The largest absolute Gasteiger partial charge is 0.352 e. The summed E-state index contributed by atoms with van der Waals surface area (Å²) in [6.07, 6.45) is 9.03. The van der Waals surface area contributed by atoms with Crippen LogP contribution in [0, 0.1) is 5.92 Å². The highest BCUT2D eigenvalue weighted by atomic mass is 16.1. The van der Waals surface area contributed by atoms with Crippen LogP contribution in [0.5, 0.6) is 0 Å². The molecule has 1 unspecified atom stereocenters. The van der Waals surface area contributed by atoms with Crippen molar-refractivity contribution in [2.75, 3.05) is 13.1 Å². The Balaban J connectivity index is 1.66. The zero-order valence-electron chi connectivity index (χ0n) is 11.8. The van der Waals surface area contributed by atoms with Crippen LogP contribution in [0.1, 0.15) is 18.4 Å². The molecule has 3 heterocycles. The third kappa shape index (κ3) is 3.28. The molecule has 1 aliphatic rings. The molecular formula is C15H19N5O. The second kappa shape index (κ2) is 6.49. The Morgan fingerprint density at radius 1 is 1.48 bits per heavy atom. The van der Waals surface area contributed by atoms with Gasteiger partial charge in [-0.1, -0.05) is 6.07 Å². The molecule has 21 heavy (non-hydrogen) atoms. The molecule has 0 aromatic carbocycles. The Hall–Kier alpha value is -2.21. The van der Waals surface area contributed by atoms with Gasteiger partial charge in [-0.05, 0) is 25.5 Å². The van der Waals surface area contributed by atoms with E-state index in [1.54, 1.807) is 18.7 Å². The van der Waals surface area contributed by atoms with Crippen LogP contribution in [0.15, 0.2) is 37.1 Å². The predicted octanol–water partition coefficient (Wildman–Crippen LogP) is 0.883. The second-order valence-corrected chi connectivity index (χ2v) is 5.22. The molecule has 1 amide bonds. The number of hydrogen-bond acceptors (Lipinski definition) is 4. The van der Waals surface area contributed by atoms with E-state index in [0.717, 1.165) is 37.3 Å². The number of nitrogens with zero attached hydrogens (tertiary/aromatic N) is 3. The first kappa shape index (κ1) is 13.8. The summed E-state index contributed by atoms with van der Waals surface area (Å²) in [5.41, 5.74) is 0.979. The van der Waals surface area contributed by atoms with Crippen LogP contribution in [-0.4, -0.2) is 33.5 Å². The quantitative estimate of drug-likeness (QED) is 0.875. The van der Waals surface area contributed by atoms with Crippen LogP contribution in [0.4, 0.5) is 0 Å². The second-order valence-electron chi connectivity index (χ2n) is 5.22. The zero-order valence-corrected chi connectivity index (χ0v) is 11.8. The summed E-state index contributed by atoms with van der Waals surface area (Å²) in [5.74, 6) is 0.992. The van der Waals surface area contributed by atoms with E-state index in [9.17, 15) is 4.79 Å². The first-order valence-electron chi connectivity index (χ1n) is 7.25. The lowest BCUT2D eigenvalue weighted by molar-refractivity contribution is -0.125. The third-order valence-corrected chi connectivity index (χ3v) is 3.74. The van der Waals surface area contributed by atoms with Crippen molar-refractivity contribution in [2.24, 2.45) is 5.92 Å². The maximum atomic E-state index is 12.2. The van der Waals surface area contributed by atoms with Crippen molar-refractivity contribution in [3.05, 3.63) is 42.6 Å². The zero-order chi connectivity index (χ0) is 14.5. The maximum absolute atomic E-state index is 12.2. The fourth-order valence-electron chi connectivity index (χ4n) is 2.59. The third-order valence-electron chi connectivity index (χ3n) is 3.74. The average molecular weight is 285 g/mol. The summed E-state index contributed by atoms with van der Waals surface area (Å²) < 4.78 is 1.85. The van der Waals surface area contributed by atoms with E-state index in [4.69, 9.17) is 0 Å². The molecular weight excluding hydrogens is 266 g/mol. The highest BCUT2D eigenvalue weighted by Crippen LogP contribution is 2.13. The lowest BCUT2D eigenvalue weighted by Crippen LogP contribution is -2.40. The van der Waals surface area contributed by atoms with E-state index in [1.165, 1.54) is 0 Å². The number of imidazole rings is 1. The van der Waals surface area contributed by atoms with E-state index in [0.29, 0.717) is 6.54 Å². The number of piperidine rings is 1. The fourth-order valence-corrected chi connectivity index (χ4v) is 2.59. The Morgan fingerprint density at radius 3 is 3.19 bits per heavy atom. The summed E-state index contributed by atoms with van der Waals surface area (Å²) in [6, 6.07) is 3.85. The van der Waals surface area contributed by atoms with Crippen molar-refractivity contribution in [3.63, 3.8) is 0 Å². The van der Waals surface area contributed by atoms with Gasteiger partial charge in [-0.15, -0.1) is 0 Å². The fraction of sp³-hybridized carbons (Fsp3) is 0.400. The van der Waals surface area contributed by atoms with Crippen molar-refractivity contribution in [1.82, 2.24) is 25.2 Å². The van der Waals surface area contributed by atoms with Crippen molar-refractivity contribution in [2.45, 2.75) is 19.4 Å². The molecule has 0 saturated carbocycles. The number of carbonyl (C=O) groups is 1. The topological polar surface area (TPSA) is 71.8 Å². The molecule has 1 fully saturated rings. The summed E-state index contributed by atoms with van der Waals surface area (Å²) in [6.45, 7) is 2.26. The molecule has 0 bridgehead atoms. The maximum Gasteiger partial charge on any atom is 0.224 e. The first-order valence-corrected chi connectivity index (χ1v) is 7.25. The van der Waals surface area contributed by atoms with Gasteiger partial charge in [0.05, 0.1) is 5.92 Å². The number of aromatic nitrogens is 3. The van der Waals surface area contributed by atoms with Crippen LogP contribution < -0.4 is 10.6 Å². The van der Waals surface area contributed by atoms with Crippen molar-refractivity contribution in [1.29, 1.82) is 0 Å². The summed E-state index contributed by atoms with van der Waals surface area (Å²) in [4.78, 5) is 20.6. The molecule has 6 heteroatoms. The number of amides is 1. The lowest BCUT2D eigenvalue weighted by Gasteiger charge is -2.22. The molecule has 1 aliphatic heterocycles. The van der Waals surface area contributed by atoms with Gasteiger partial charge in [-0.3, -0.25) is 9.36 Å². The molecule has 2 aromatic heterocycles. The molecule has 0 aliphatic carbocycles. The predicted molar refractivity (Wildman–Crippen MR) is 78.8 cm³/mol. The van der Waals surface area contributed by atoms with Crippen molar-refractivity contribution < 1.29 is 4.79 Å². The van der Waals surface area contributed by atoms with E-state index >= 15 is 0 Å². The van der Waals surface area contributed by atoms with E-state index < -0.39 is 0 Å². The molecule has 6 nitrogen and oxygen atoms in total. The van der Waals surface area contributed by atoms with Gasteiger partial charge < -0.3 is 10.6 Å². The molecule has 1 atom stereocenters. The van der Waals surface area contributed by atoms with Crippen LogP contribution in [0.3, 0.4) is 0 Å². The van der Waals surface area contributed by atoms with Gasteiger partial charge in [0.25, 0.3) is 0 Å². The Labute approximate surface area is 123 Å². The van der Waals surface area contributed by atoms with Crippen LogP contribution >= 0.6 is 0 Å². The normalized spacial score (nSPS) is 18.4. The first-order chi connectivity index (χ1) is 10.3. The summed E-state index contributed by atoms with van der Waals surface area (Å²) in [7, 11) is 0. The Morgan fingerprint density at radius 2 is 2.43 bits per heavy atom. The standard InChI is InChI=1S/C15H19N5O/c21-15(13-4-1-5-16-9-13)19-10-12-3-2-6-18-14(12)20-8-7-17-11-20/h2-3,6-8,11,13,16H,1,4-5,9-10H2,(H,19,21). The van der Waals surface area contributed by atoms with Gasteiger partial charge in [-0.25, -0.2) is 9.97 Å². The highest BCUT2D eigenvalue weighted by molar-refractivity contribution is 5.79. The van der Waals surface area contributed by atoms with E-state index in [1.807, 2.05) is 22.9 Å². The SMILES string of the molecule is O=C(NCc1cccnc1-n1ccnc1)C1CCCNC1. The molecule has 3 rings (SSSR count). The number of rotatable bonds is 4. The van der Waals surface area contributed by atoms with Gasteiger partial charge in [0.1, 0.15) is 12.1 Å². The number of nitrogens with one attached hydrogen (secondary N) is 2. The Bertz CT molecular complexity index is 590. The van der Waals surface area contributed by atoms with Gasteiger partial charge in [0.15, 0.2) is 0 Å². The number of carbonyl (C=O) groups excluding carboxylic acids is 1. The average Bonchev–Trinajstić information content (AvgIpc) is 3.08. The number of hydrogen-bond donors (Lipinski definition) is 2. The van der Waals surface area contributed by atoms with Crippen LogP contribution in [-0.2, 0) is 11.3 Å². The van der Waals surface area contributed by atoms with Gasteiger partial charge in [-0.2, -0.15) is 0 Å². The summed E-state index contributed by atoms with van der Waals surface area (Å²) >= 11 is 0. The highest BCUT2D eigenvalue weighted by Gasteiger charge is 2.20.